The van der Waals surface area contributed by atoms with Gasteiger partial charge in [0.25, 0.3) is 0 Å². The first-order valence-corrected chi connectivity index (χ1v) is 9.08. The SMILES string of the molecule is CS(=O)(=O)c1ccc(Sc2ccc(Br)cc2C#N)cc1. The highest BCUT2D eigenvalue weighted by Gasteiger charge is 2.08. The summed E-state index contributed by atoms with van der Waals surface area (Å²) in [5.74, 6) is 0. The first-order chi connectivity index (χ1) is 9.40. The van der Waals surface area contributed by atoms with Crippen LogP contribution < -0.4 is 0 Å². The van der Waals surface area contributed by atoms with E-state index in [1.165, 1.54) is 18.0 Å². The standard InChI is InChI=1S/C14H10BrNO2S2/c1-20(17,18)13-5-3-12(4-6-13)19-14-7-2-11(15)8-10(14)9-16/h2-8H,1H3. The predicted octanol–water partition coefficient (Wildman–Crippen LogP) is 3.88. The summed E-state index contributed by atoms with van der Waals surface area (Å²) < 4.78 is 23.6. The van der Waals surface area contributed by atoms with Gasteiger partial charge in [-0.3, -0.25) is 0 Å². The average Bonchev–Trinajstić information content (AvgIpc) is 2.40. The molecule has 0 aliphatic rings. The normalized spacial score (nSPS) is 11.1. The first kappa shape index (κ1) is 15.1. The number of benzene rings is 2. The Kier molecular flexibility index (Phi) is 4.53. The van der Waals surface area contributed by atoms with Crippen LogP contribution in [0.2, 0.25) is 0 Å². The maximum absolute atomic E-state index is 11.4. The van der Waals surface area contributed by atoms with Gasteiger partial charge in [-0.05, 0) is 42.5 Å². The third-order valence-electron chi connectivity index (χ3n) is 2.54. The Morgan fingerprint density at radius 3 is 2.35 bits per heavy atom. The highest BCUT2D eigenvalue weighted by Crippen LogP contribution is 2.32. The van der Waals surface area contributed by atoms with Gasteiger partial charge in [0.1, 0.15) is 6.07 Å². The summed E-state index contributed by atoms with van der Waals surface area (Å²) in [6, 6.07) is 14.3. The Hall–Kier alpha value is -1.29. The van der Waals surface area contributed by atoms with Crippen molar-refractivity contribution in [1.82, 2.24) is 0 Å². The molecule has 3 nitrogen and oxygen atoms in total. The van der Waals surface area contributed by atoms with Gasteiger partial charge < -0.3 is 0 Å². The molecule has 0 aliphatic heterocycles. The van der Waals surface area contributed by atoms with Crippen LogP contribution in [-0.4, -0.2) is 14.7 Å². The summed E-state index contributed by atoms with van der Waals surface area (Å²) in [4.78, 5) is 2.01. The molecule has 2 aromatic rings. The predicted molar refractivity (Wildman–Crippen MR) is 82.5 cm³/mol. The molecule has 0 unspecified atom stereocenters. The molecule has 6 heteroatoms. The lowest BCUT2D eigenvalue weighted by Gasteiger charge is -2.05. The third kappa shape index (κ3) is 3.63. The summed E-state index contributed by atoms with van der Waals surface area (Å²) in [5, 5.41) is 9.11. The lowest BCUT2D eigenvalue weighted by molar-refractivity contribution is 0.602. The molecule has 0 saturated heterocycles. The Balaban J connectivity index is 2.30. The van der Waals surface area contributed by atoms with E-state index in [9.17, 15) is 8.42 Å². The van der Waals surface area contributed by atoms with Crippen LogP contribution in [0, 0.1) is 11.3 Å². The number of rotatable bonds is 3. The topological polar surface area (TPSA) is 57.9 Å². The van der Waals surface area contributed by atoms with Crippen LogP contribution in [0.5, 0.6) is 0 Å². The summed E-state index contributed by atoms with van der Waals surface area (Å²) in [6.45, 7) is 0. The molecule has 0 amide bonds. The molecule has 0 aromatic heterocycles. The van der Waals surface area contributed by atoms with Crippen molar-refractivity contribution in [2.45, 2.75) is 14.7 Å². The number of nitrogens with zero attached hydrogens (tertiary/aromatic N) is 1. The second-order valence-electron chi connectivity index (χ2n) is 4.10. The van der Waals surface area contributed by atoms with Crippen molar-refractivity contribution in [3.05, 3.63) is 52.5 Å². The Bertz CT molecular complexity index is 778. The molecule has 0 atom stereocenters. The van der Waals surface area contributed by atoms with Crippen molar-refractivity contribution in [3.63, 3.8) is 0 Å². The van der Waals surface area contributed by atoms with Crippen molar-refractivity contribution < 1.29 is 8.42 Å². The molecule has 20 heavy (non-hydrogen) atoms. The number of hydrogen-bond donors (Lipinski definition) is 0. The van der Waals surface area contributed by atoms with E-state index < -0.39 is 9.84 Å². The van der Waals surface area contributed by atoms with Gasteiger partial charge in [0.05, 0.1) is 10.5 Å². The van der Waals surface area contributed by atoms with Gasteiger partial charge in [0, 0.05) is 20.5 Å². The molecule has 2 aromatic carbocycles. The minimum absolute atomic E-state index is 0.290. The van der Waals surface area contributed by atoms with Crippen LogP contribution in [-0.2, 0) is 9.84 Å². The molecule has 102 valence electrons. The van der Waals surface area contributed by atoms with Crippen LogP contribution in [0.25, 0.3) is 0 Å². The molecule has 0 heterocycles. The summed E-state index contributed by atoms with van der Waals surface area (Å²) in [6.07, 6.45) is 1.18. The van der Waals surface area contributed by atoms with Crippen LogP contribution in [0.3, 0.4) is 0 Å². The number of halogens is 1. The maximum Gasteiger partial charge on any atom is 0.175 e. The Morgan fingerprint density at radius 2 is 1.80 bits per heavy atom. The molecule has 0 fully saturated rings. The van der Waals surface area contributed by atoms with E-state index in [0.29, 0.717) is 5.56 Å². The fraction of sp³-hybridized carbons (Fsp3) is 0.0714. The van der Waals surface area contributed by atoms with Gasteiger partial charge in [0.2, 0.25) is 0 Å². The molecule has 0 N–H and O–H groups in total. The van der Waals surface area contributed by atoms with Gasteiger partial charge in [-0.15, -0.1) is 0 Å². The second kappa shape index (κ2) is 6.00. The highest BCUT2D eigenvalue weighted by molar-refractivity contribution is 9.10. The monoisotopic (exact) mass is 367 g/mol. The van der Waals surface area contributed by atoms with Crippen molar-refractivity contribution in [2.75, 3.05) is 6.26 Å². The zero-order chi connectivity index (χ0) is 14.8. The quantitative estimate of drug-likeness (QED) is 0.825. The molecule has 2 rings (SSSR count). The molecule has 0 spiro atoms. The molecule has 0 radical (unpaired) electrons. The summed E-state index contributed by atoms with van der Waals surface area (Å²) in [7, 11) is -3.18. The fourth-order valence-corrected chi connectivity index (χ4v) is 3.43. The second-order valence-corrected chi connectivity index (χ2v) is 8.14. The van der Waals surface area contributed by atoms with Crippen molar-refractivity contribution >= 4 is 37.5 Å². The van der Waals surface area contributed by atoms with E-state index >= 15 is 0 Å². The fourth-order valence-electron chi connectivity index (χ4n) is 1.56. The number of nitriles is 1. The highest BCUT2D eigenvalue weighted by atomic mass is 79.9. The minimum atomic E-state index is -3.18. The number of sulfone groups is 1. The Labute approximate surface area is 130 Å². The van der Waals surface area contributed by atoms with Crippen LogP contribution in [0.4, 0.5) is 0 Å². The van der Waals surface area contributed by atoms with E-state index in [2.05, 4.69) is 22.0 Å². The van der Waals surface area contributed by atoms with Crippen molar-refractivity contribution in [2.24, 2.45) is 0 Å². The lowest BCUT2D eigenvalue weighted by Crippen LogP contribution is -1.95. The van der Waals surface area contributed by atoms with Gasteiger partial charge in [-0.2, -0.15) is 5.26 Å². The molecule has 0 aliphatic carbocycles. The van der Waals surface area contributed by atoms with Crippen molar-refractivity contribution in [3.8, 4) is 6.07 Å². The van der Waals surface area contributed by atoms with E-state index in [1.807, 2.05) is 12.1 Å². The van der Waals surface area contributed by atoms with Gasteiger partial charge in [-0.1, -0.05) is 27.7 Å². The zero-order valence-electron chi connectivity index (χ0n) is 10.5. The van der Waals surface area contributed by atoms with E-state index in [4.69, 9.17) is 5.26 Å². The first-order valence-electron chi connectivity index (χ1n) is 5.58. The summed E-state index contributed by atoms with van der Waals surface area (Å²) in [5.41, 5.74) is 0.580. The van der Waals surface area contributed by atoms with Crippen LogP contribution in [0.1, 0.15) is 5.56 Å². The Morgan fingerprint density at radius 1 is 1.15 bits per heavy atom. The molecule has 0 bridgehead atoms. The van der Waals surface area contributed by atoms with Gasteiger partial charge >= 0.3 is 0 Å². The van der Waals surface area contributed by atoms with Gasteiger partial charge in [-0.25, -0.2) is 8.42 Å². The molecular weight excluding hydrogens is 358 g/mol. The average molecular weight is 368 g/mol. The third-order valence-corrected chi connectivity index (χ3v) is 5.25. The molecule has 0 saturated carbocycles. The summed E-state index contributed by atoms with van der Waals surface area (Å²) >= 11 is 4.76. The van der Waals surface area contributed by atoms with Crippen molar-refractivity contribution in [1.29, 1.82) is 5.26 Å². The van der Waals surface area contributed by atoms with E-state index in [1.54, 1.807) is 30.3 Å². The zero-order valence-corrected chi connectivity index (χ0v) is 13.7. The van der Waals surface area contributed by atoms with E-state index in [-0.39, 0.29) is 4.90 Å². The maximum atomic E-state index is 11.4. The van der Waals surface area contributed by atoms with E-state index in [0.717, 1.165) is 14.3 Å². The van der Waals surface area contributed by atoms with Crippen LogP contribution >= 0.6 is 27.7 Å². The van der Waals surface area contributed by atoms with Gasteiger partial charge in [0.15, 0.2) is 9.84 Å². The smallest absolute Gasteiger partial charge is 0.175 e. The lowest BCUT2D eigenvalue weighted by atomic mass is 10.2. The largest absolute Gasteiger partial charge is 0.224 e. The number of hydrogen-bond acceptors (Lipinski definition) is 4. The molecular formula is C14H10BrNO2S2. The minimum Gasteiger partial charge on any atom is -0.224 e. The van der Waals surface area contributed by atoms with Crippen LogP contribution in [0.15, 0.2) is 61.6 Å².